The Kier molecular flexibility index (Phi) is 8.28. The molecule has 0 spiro atoms. The molecule has 0 bridgehead atoms. The number of carbonyl (C=O) groups excluding carboxylic acids is 1. The molecule has 1 aliphatic heterocycles. The van der Waals surface area contributed by atoms with E-state index in [0.717, 1.165) is 30.5 Å². The number of carboxylic acid groups (broad SMARTS) is 1. The summed E-state index contributed by atoms with van der Waals surface area (Å²) in [6.07, 6.45) is 6.31. The number of rotatable bonds is 8. The van der Waals surface area contributed by atoms with Gasteiger partial charge in [0.25, 0.3) is 5.91 Å². The SMILES string of the molecule is COc1cc(/C=C2\SC(Nc3ccccc3)N([C@@H]3CCCC[C@H]3C)C2=O)cc(Br)c1OCC(=O)O. The maximum atomic E-state index is 13.7. The highest BCUT2D eigenvalue weighted by molar-refractivity contribution is 9.10. The zero-order valence-corrected chi connectivity index (χ0v) is 22.1. The van der Waals surface area contributed by atoms with Crippen molar-refractivity contribution >= 4 is 51.3 Å². The van der Waals surface area contributed by atoms with Crippen LogP contribution in [0.15, 0.2) is 51.8 Å². The molecule has 9 heteroatoms. The molecule has 2 aromatic carbocycles. The first-order valence-electron chi connectivity index (χ1n) is 11.6. The summed E-state index contributed by atoms with van der Waals surface area (Å²) < 4.78 is 11.4. The second-order valence-electron chi connectivity index (χ2n) is 8.75. The molecule has 2 aromatic rings. The van der Waals surface area contributed by atoms with Gasteiger partial charge in [0, 0.05) is 11.7 Å². The van der Waals surface area contributed by atoms with Crippen molar-refractivity contribution in [3.8, 4) is 11.5 Å². The number of halogens is 1. The summed E-state index contributed by atoms with van der Waals surface area (Å²) in [5, 5.41) is 12.5. The van der Waals surface area contributed by atoms with Gasteiger partial charge in [-0.25, -0.2) is 4.79 Å². The van der Waals surface area contributed by atoms with Crippen LogP contribution in [0.5, 0.6) is 11.5 Å². The number of carbonyl (C=O) groups is 2. The minimum atomic E-state index is -1.08. The number of nitrogens with one attached hydrogen (secondary N) is 1. The summed E-state index contributed by atoms with van der Waals surface area (Å²) >= 11 is 4.96. The minimum Gasteiger partial charge on any atom is -0.493 e. The molecule has 0 radical (unpaired) electrons. The molecule has 1 heterocycles. The largest absolute Gasteiger partial charge is 0.493 e. The summed E-state index contributed by atoms with van der Waals surface area (Å²) in [7, 11) is 1.49. The van der Waals surface area contributed by atoms with Gasteiger partial charge in [-0.05, 0) is 70.6 Å². The van der Waals surface area contributed by atoms with E-state index >= 15 is 0 Å². The van der Waals surface area contributed by atoms with Gasteiger partial charge in [-0.2, -0.15) is 0 Å². The van der Waals surface area contributed by atoms with E-state index in [2.05, 4.69) is 28.2 Å². The average Bonchev–Trinajstić information content (AvgIpc) is 3.13. The molecule has 2 aliphatic rings. The number of para-hydroxylation sites is 1. The molecule has 0 aromatic heterocycles. The van der Waals surface area contributed by atoms with E-state index in [1.165, 1.54) is 25.3 Å². The Morgan fingerprint density at radius 3 is 2.69 bits per heavy atom. The van der Waals surface area contributed by atoms with Crippen LogP contribution in [0.25, 0.3) is 6.08 Å². The van der Waals surface area contributed by atoms with Crippen molar-refractivity contribution in [2.45, 2.75) is 44.1 Å². The Hall–Kier alpha value is -2.65. The highest BCUT2D eigenvalue weighted by Gasteiger charge is 2.42. The first-order valence-corrected chi connectivity index (χ1v) is 13.3. The number of methoxy groups -OCH3 is 1. The predicted octanol–water partition coefficient (Wildman–Crippen LogP) is 5.81. The van der Waals surface area contributed by atoms with Crippen LogP contribution >= 0.6 is 27.7 Å². The molecule has 1 aliphatic carbocycles. The van der Waals surface area contributed by atoms with E-state index in [1.807, 2.05) is 41.3 Å². The van der Waals surface area contributed by atoms with Crippen LogP contribution in [0.1, 0.15) is 38.2 Å². The molecule has 2 fully saturated rings. The highest BCUT2D eigenvalue weighted by Crippen LogP contribution is 2.43. The average molecular weight is 561 g/mol. The Labute approximate surface area is 218 Å². The maximum absolute atomic E-state index is 13.7. The molecule has 7 nitrogen and oxygen atoms in total. The fraction of sp³-hybridized carbons (Fsp3) is 0.385. The van der Waals surface area contributed by atoms with Gasteiger partial charge in [-0.15, -0.1) is 0 Å². The Morgan fingerprint density at radius 1 is 1.26 bits per heavy atom. The summed E-state index contributed by atoms with van der Waals surface area (Å²) in [6.45, 7) is 1.76. The number of aliphatic carboxylic acids is 1. The van der Waals surface area contributed by atoms with Crippen molar-refractivity contribution < 1.29 is 24.2 Å². The van der Waals surface area contributed by atoms with Crippen LogP contribution in [0, 0.1) is 5.92 Å². The third-order valence-electron chi connectivity index (χ3n) is 6.31. The van der Waals surface area contributed by atoms with E-state index < -0.39 is 12.6 Å². The van der Waals surface area contributed by atoms with Crippen molar-refractivity contribution in [1.82, 2.24) is 4.90 Å². The van der Waals surface area contributed by atoms with Gasteiger partial charge in [-0.3, -0.25) is 4.79 Å². The van der Waals surface area contributed by atoms with Crippen LogP contribution in [-0.2, 0) is 9.59 Å². The monoisotopic (exact) mass is 560 g/mol. The lowest BCUT2D eigenvalue weighted by atomic mass is 9.85. The third-order valence-corrected chi connectivity index (χ3v) is 8.02. The number of ether oxygens (including phenoxy) is 2. The van der Waals surface area contributed by atoms with E-state index in [9.17, 15) is 9.59 Å². The minimum absolute atomic E-state index is 0.0171. The molecular formula is C26H29BrN2O5S. The van der Waals surface area contributed by atoms with Gasteiger partial charge in [0.1, 0.15) is 0 Å². The first kappa shape index (κ1) is 25.4. The molecule has 1 saturated carbocycles. The Bertz CT molecular complexity index is 1110. The van der Waals surface area contributed by atoms with Crippen LogP contribution in [0.4, 0.5) is 5.69 Å². The molecule has 2 N–H and O–H groups in total. The number of amides is 1. The van der Waals surface area contributed by atoms with Gasteiger partial charge < -0.3 is 24.8 Å². The van der Waals surface area contributed by atoms with Crippen molar-refractivity contribution in [1.29, 1.82) is 0 Å². The van der Waals surface area contributed by atoms with Crippen molar-refractivity contribution in [3.05, 3.63) is 57.4 Å². The van der Waals surface area contributed by atoms with Crippen molar-refractivity contribution in [3.63, 3.8) is 0 Å². The molecule has 1 amide bonds. The second-order valence-corrected chi connectivity index (χ2v) is 10.7. The molecule has 1 saturated heterocycles. The molecule has 4 rings (SSSR count). The van der Waals surface area contributed by atoms with Gasteiger partial charge in [-0.1, -0.05) is 49.7 Å². The third kappa shape index (κ3) is 5.95. The first-order chi connectivity index (χ1) is 16.9. The van der Waals surface area contributed by atoms with E-state index in [4.69, 9.17) is 14.6 Å². The number of benzene rings is 2. The fourth-order valence-corrected chi connectivity index (χ4v) is 6.40. The lowest BCUT2D eigenvalue weighted by molar-refractivity contribution is -0.139. The molecule has 1 unspecified atom stereocenters. The van der Waals surface area contributed by atoms with Gasteiger partial charge >= 0.3 is 5.97 Å². The second kappa shape index (κ2) is 11.4. The standard InChI is InChI=1S/C26H29BrN2O5S/c1-16-8-6-7-11-20(16)29-25(32)22(35-26(29)28-18-9-4-3-5-10-18)14-17-12-19(27)24(21(13-17)33-2)34-15-23(30)31/h3-5,9-10,12-14,16,20,26,28H,6-8,11,15H2,1-2H3,(H,30,31)/b22-14-/t16-,20-,26?/m1/s1. The maximum Gasteiger partial charge on any atom is 0.341 e. The summed E-state index contributed by atoms with van der Waals surface area (Å²) in [6, 6.07) is 13.7. The number of anilines is 1. The van der Waals surface area contributed by atoms with Crippen LogP contribution in [-0.4, -0.2) is 47.1 Å². The van der Waals surface area contributed by atoms with Gasteiger partial charge in [0.15, 0.2) is 23.6 Å². The number of hydrogen-bond donors (Lipinski definition) is 2. The quantitative estimate of drug-likeness (QED) is 0.393. The summed E-state index contributed by atoms with van der Waals surface area (Å²) in [5.41, 5.74) is 1.52. The topological polar surface area (TPSA) is 88.1 Å². The Morgan fingerprint density at radius 2 is 2.00 bits per heavy atom. The van der Waals surface area contributed by atoms with E-state index in [-0.39, 0.29) is 17.4 Å². The highest BCUT2D eigenvalue weighted by atomic mass is 79.9. The zero-order chi connectivity index (χ0) is 24.9. The number of nitrogens with zero attached hydrogens (tertiary/aromatic N) is 1. The Balaban J connectivity index is 1.65. The smallest absolute Gasteiger partial charge is 0.341 e. The summed E-state index contributed by atoms with van der Waals surface area (Å²) in [4.78, 5) is 27.3. The van der Waals surface area contributed by atoms with Crippen molar-refractivity contribution in [2.24, 2.45) is 5.92 Å². The van der Waals surface area contributed by atoms with Gasteiger partial charge in [0.05, 0.1) is 16.5 Å². The lowest BCUT2D eigenvalue weighted by Crippen LogP contribution is -2.48. The normalized spacial score (nSPS) is 23.4. The van der Waals surface area contributed by atoms with E-state index in [0.29, 0.717) is 26.8 Å². The lowest BCUT2D eigenvalue weighted by Gasteiger charge is -2.39. The molecule has 35 heavy (non-hydrogen) atoms. The van der Waals surface area contributed by atoms with E-state index in [1.54, 1.807) is 12.1 Å². The number of carboxylic acids is 1. The predicted molar refractivity (Wildman–Crippen MR) is 142 cm³/mol. The molecule has 186 valence electrons. The fourth-order valence-electron chi connectivity index (χ4n) is 4.62. The number of hydrogen-bond acceptors (Lipinski definition) is 6. The number of thioether (sulfide) groups is 1. The van der Waals surface area contributed by atoms with Crippen LogP contribution < -0.4 is 14.8 Å². The zero-order valence-electron chi connectivity index (χ0n) is 19.7. The summed E-state index contributed by atoms with van der Waals surface area (Å²) in [5.74, 6) is 0.0755. The van der Waals surface area contributed by atoms with Crippen LogP contribution in [0.3, 0.4) is 0 Å². The molecular weight excluding hydrogens is 532 g/mol. The molecule has 3 atom stereocenters. The van der Waals surface area contributed by atoms with Crippen LogP contribution in [0.2, 0.25) is 0 Å². The van der Waals surface area contributed by atoms with Gasteiger partial charge in [0.2, 0.25) is 0 Å². The van der Waals surface area contributed by atoms with Crippen molar-refractivity contribution in [2.75, 3.05) is 19.0 Å².